The first-order valence-electron chi connectivity index (χ1n) is 7.37. The maximum Gasteiger partial charge on any atom is 0.352 e. The van der Waals surface area contributed by atoms with E-state index in [0.29, 0.717) is 5.76 Å². The van der Waals surface area contributed by atoms with Crippen molar-refractivity contribution in [3.05, 3.63) is 35.4 Å². The van der Waals surface area contributed by atoms with Gasteiger partial charge in [0.15, 0.2) is 6.10 Å². The summed E-state index contributed by atoms with van der Waals surface area (Å²) < 4.78 is 10.3. The molecular weight excluding hydrogens is 352 g/mol. The number of carboxylic acid groups (broad SMARTS) is 1. The summed E-state index contributed by atoms with van der Waals surface area (Å²) in [6.07, 6.45) is 0.398. The van der Waals surface area contributed by atoms with Crippen molar-refractivity contribution >= 4 is 29.5 Å². The number of aliphatic carboxylic acids is 1. The number of methoxy groups -OCH3 is 1. The highest BCUT2D eigenvalue weighted by atomic mass is 32.2. The van der Waals surface area contributed by atoms with Crippen molar-refractivity contribution in [2.45, 2.75) is 17.5 Å². The van der Waals surface area contributed by atoms with Gasteiger partial charge in [0.2, 0.25) is 0 Å². The first-order chi connectivity index (χ1) is 12.0. The Morgan fingerprint density at radius 2 is 2.32 bits per heavy atom. The van der Waals surface area contributed by atoms with Crippen LogP contribution in [0.5, 0.6) is 0 Å². The number of aliphatic hydroxyl groups is 1. The van der Waals surface area contributed by atoms with Gasteiger partial charge in [-0.3, -0.25) is 14.5 Å². The smallest absolute Gasteiger partial charge is 0.352 e. The number of amides is 2. The molecule has 0 radical (unpaired) electrons. The van der Waals surface area contributed by atoms with E-state index in [1.54, 1.807) is 12.1 Å². The second kappa shape index (κ2) is 6.90. The van der Waals surface area contributed by atoms with Crippen LogP contribution in [0.1, 0.15) is 11.9 Å². The normalized spacial score (nSPS) is 23.8. The molecule has 2 aliphatic rings. The van der Waals surface area contributed by atoms with Crippen LogP contribution in [-0.2, 0) is 19.1 Å². The number of ether oxygens (including phenoxy) is 1. The van der Waals surface area contributed by atoms with E-state index in [2.05, 4.69) is 5.32 Å². The minimum absolute atomic E-state index is 0.212. The lowest BCUT2D eigenvalue weighted by molar-refractivity contribution is -0.152. The largest absolute Gasteiger partial charge is 0.477 e. The van der Waals surface area contributed by atoms with Gasteiger partial charge in [-0.05, 0) is 17.7 Å². The van der Waals surface area contributed by atoms with Gasteiger partial charge >= 0.3 is 5.97 Å². The Hall–Kier alpha value is -2.30. The quantitative estimate of drug-likeness (QED) is 0.584. The zero-order chi connectivity index (χ0) is 18.1. The molecule has 3 atom stereocenters. The van der Waals surface area contributed by atoms with Gasteiger partial charge in [-0.1, -0.05) is 0 Å². The van der Waals surface area contributed by atoms with Crippen LogP contribution in [0.2, 0.25) is 0 Å². The summed E-state index contributed by atoms with van der Waals surface area (Å²) in [7, 11) is 1.34. The second-order valence-electron chi connectivity index (χ2n) is 5.44. The zero-order valence-corrected chi connectivity index (χ0v) is 14.0. The SMILES string of the molecule is COC(C(=O)NC1C(=O)N2C(C(=O)O)=C(CO)CS[C@H]12)c1ccco1. The number of hydrogen-bond donors (Lipinski definition) is 3. The molecule has 3 N–H and O–H groups in total. The van der Waals surface area contributed by atoms with Crippen molar-refractivity contribution in [2.75, 3.05) is 19.5 Å². The predicted octanol–water partition coefficient (Wildman–Crippen LogP) is -0.302. The Labute approximate surface area is 146 Å². The van der Waals surface area contributed by atoms with Crippen molar-refractivity contribution in [3.63, 3.8) is 0 Å². The van der Waals surface area contributed by atoms with Crippen LogP contribution in [0.15, 0.2) is 34.1 Å². The minimum atomic E-state index is -1.28. The number of nitrogens with one attached hydrogen (secondary N) is 1. The zero-order valence-electron chi connectivity index (χ0n) is 13.2. The van der Waals surface area contributed by atoms with E-state index < -0.39 is 41.9 Å². The fourth-order valence-corrected chi connectivity index (χ4v) is 4.16. The van der Waals surface area contributed by atoms with Crippen molar-refractivity contribution in [1.29, 1.82) is 0 Å². The van der Waals surface area contributed by atoms with E-state index in [1.807, 2.05) is 0 Å². The Balaban J connectivity index is 1.75. The van der Waals surface area contributed by atoms with Crippen LogP contribution in [0.3, 0.4) is 0 Å². The summed E-state index contributed by atoms with van der Waals surface area (Å²) in [6.45, 7) is -0.438. The van der Waals surface area contributed by atoms with E-state index in [0.717, 1.165) is 4.90 Å². The van der Waals surface area contributed by atoms with Crippen molar-refractivity contribution in [2.24, 2.45) is 0 Å². The highest BCUT2D eigenvalue weighted by Crippen LogP contribution is 2.40. The number of thioether (sulfide) groups is 1. The van der Waals surface area contributed by atoms with Gasteiger partial charge in [0.05, 0.1) is 12.9 Å². The van der Waals surface area contributed by atoms with E-state index >= 15 is 0 Å². The molecule has 9 nitrogen and oxygen atoms in total. The van der Waals surface area contributed by atoms with Gasteiger partial charge in [0.25, 0.3) is 11.8 Å². The lowest BCUT2D eigenvalue weighted by Gasteiger charge is -2.49. The number of nitrogens with zero attached hydrogens (tertiary/aromatic N) is 1. The Bertz CT molecular complexity index is 730. The third-order valence-electron chi connectivity index (χ3n) is 4.01. The van der Waals surface area contributed by atoms with Gasteiger partial charge in [0.1, 0.15) is 22.9 Å². The van der Waals surface area contributed by atoms with Crippen molar-refractivity contribution in [1.82, 2.24) is 10.2 Å². The summed E-state index contributed by atoms with van der Waals surface area (Å²) in [6, 6.07) is 2.33. The lowest BCUT2D eigenvalue weighted by atomic mass is 10.0. The third-order valence-corrected chi connectivity index (χ3v) is 5.35. The number of carboxylic acids is 1. The highest BCUT2D eigenvalue weighted by molar-refractivity contribution is 8.00. The Morgan fingerprint density at radius 1 is 1.56 bits per heavy atom. The number of carbonyl (C=O) groups is 3. The first kappa shape index (κ1) is 17.5. The van der Waals surface area contributed by atoms with Gasteiger partial charge < -0.3 is 24.7 Å². The molecule has 10 heteroatoms. The molecule has 1 aromatic rings. The second-order valence-corrected chi connectivity index (χ2v) is 6.55. The molecule has 3 rings (SSSR count). The Morgan fingerprint density at radius 3 is 2.88 bits per heavy atom. The van der Waals surface area contributed by atoms with Crippen LogP contribution >= 0.6 is 11.8 Å². The molecule has 0 spiro atoms. The van der Waals surface area contributed by atoms with Gasteiger partial charge in [0, 0.05) is 12.9 Å². The number of aliphatic hydroxyl groups excluding tert-OH is 1. The van der Waals surface area contributed by atoms with Crippen LogP contribution in [0, 0.1) is 0 Å². The third kappa shape index (κ3) is 2.92. The summed E-state index contributed by atoms with van der Waals surface area (Å²) in [4.78, 5) is 37.3. The minimum Gasteiger partial charge on any atom is -0.477 e. The maximum atomic E-state index is 12.4. The molecule has 0 aromatic carbocycles. The molecule has 0 aliphatic carbocycles. The summed E-state index contributed by atoms with van der Waals surface area (Å²) in [5.74, 6) is -1.80. The molecule has 0 bridgehead atoms. The van der Waals surface area contributed by atoms with E-state index in [4.69, 9.17) is 9.15 Å². The average molecular weight is 368 g/mol. The number of carbonyl (C=O) groups excluding carboxylic acids is 2. The molecule has 1 fully saturated rings. The van der Waals surface area contributed by atoms with Crippen LogP contribution in [-0.4, -0.2) is 63.8 Å². The number of hydrogen-bond acceptors (Lipinski definition) is 7. The van der Waals surface area contributed by atoms with Gasteiger partial charge in [-0.25, -0.2) is 4.79 Å². The summed E-state index contributed by atoms with van der Waals surface area (Å²) in [5.41, 5.74) is 0.0632. The molecule has 1 aromatic heterocycles. The first-order valence-corrected chi connectivity index (χ1v) is 8.42. The van der Waals surface area contributed by atoms with E-state index in [1.165, 1.54) is 25.1 Å². The number of rotatable bonds is 6. The van der Waals surface area contributed by atoms with Crippen LogP contribution < -0.4 is 5.32 Å². The predicted molar refractivity (Wildman–Crippen MR) is 85.2 cm³/mol. The fourth-order valence-electron chi connectivity index (χ4n) is 2.83. The topological polar surface area (TPSA) is 129 Å². The van der Waals surface area contributed by atoms with E-state index in [-0.39, 0.29) is 17.0 Å². The molecule has 134 valence electrons. The summed E-state index contributed by atoms with van der Waals surface area (Å²) in [5, 5.41) is 20.6. The number of fused-ring (bicyclic) bond motifs is 1. The lowest BCUT2D eigenvalue weighted by Crippen LogP contribution is -2.71. The number of β-lactam (4-membered cyclic amide) rings is 1. The van der Waals surface area contributed by atoms with Crippen molar-refractivity contribution in [3.8, 4) is 0 Å². The monoisotopic (exact) mass is 368 g/mol. The highest BCUT2D eigenvalue weighted by Gasteiger charge is 2.54. The van der Waals surface area contributed by atoms with Crippen molar-refractivity contribution < 1.29 is 33.8 Å². The maximum absolute atomic E-state index is 12.4. The van der Waals surface area contributed by atoms with Gasteiger partial charge in [-0.2, -0.15) is 0 Å². The fraction of sp³-hybridized carbons (Fsp3) is 0.400. The molecule has 25 heavy (non-hydrogen) atoms. The standard InChI is InChI=1S/C15H16N2O7S/c1-23-11(8-3-2-4-24-8)12(19)16-9-13(20)17-10(15(21)22)7(5-18)6-25-14(9)17/h2-4,9,11,14,18H,5-6H2,1H3,(H,16,19)(H,21,22)/t9?,11?,14-/m1/s1. The molecular formula is C15H16N2O7S. The summed E-state index contributed by atoms with van der Waals surface area (Å²) >= 11 is 1.28. The van der Waals surface area contributed by atoms with Crippen LogP contribution in [0.25, 0.3) is 0 Å². The van der Waals surface area contributed by atoms with Crippen LogP contribution in [0.4, 0.5) is 0 Å². The molecule has 2 unspecified atom stereocenters. The molecule has 1 saturated heterocycles. The van der Waals surface area contributed by atoms with Gasteiger partial charge in [-0.15, -0.1) is 11.8 Å². The Kier molecular flexibility index (Phi) is 4.84. The van der Waals surface area contributed by atoms with E-state index in [9.17, 15) is 24.6 Å². The molecule has 0 saturated carbocycles. The molecule has 2 amide bonds. The average Bonchev–Trinajstić information content (AvgIpc) is 3.12. The number of furan rings is 1. The molecule has 2 aliphatic heterocycles. The molecule has 3 heterocycles.